The molecule has 0 unspecified atom stereocenters. The van der Waals surface area contributed by atoms with E-state index in [2.05, 4.69) is 5.32 Å². The van der Waals surface area contributed by atoms with Gasteiger partial charge in [-0.1, -0.05) is 12.1 Å². The maximum absolute atomic E-state index is 5.79. The van der Waals surface area contributed by atoms with Gasteiger partial charge in [-0.2, -0.15) is 0 Å². The van der Waals surface area contributed by atoms with Crippen LogP contribution in [0.4, 0.5) is 0 Å². The lowest BCUT2D eigenvalue weighted by molar-refractivity contribution is 0.0805. The molecule has 2 rings (SSSR count). The van der Waals surface area contributed by atoms with E-state index in [9.17, 15) is 0 Å². The number of hydrogen-bond acceptors (Lipinski definition) is 4. The third kappa shape index (κ3) is 3.72. The summed E-state index contributed by atoms with van der Waals surface area (Å²) in [6.07, 6.45) is 0.275. The zero-order valence-electron chi connectivity index (χ0n) is 11.7. The molecule has 0 radical (unpaired) electrons. The minimum atomic E-state index is 0.275. The highest BCUT2D eigenvalue weighted by Gasteiger charge is 2.07. The maximum Gasteiger partial charge on any atom is 0.176 e. The van der Waals surface area contributed by atoms with E-state index in [0.717, 1.165) is 29.0 Å². The highest BCUT2D eigenvalue weighted by atomic mass is 16.5. The molecule has 1 heterocycles. The lowest BCUT2D eigenvalue weighted by Crippen LogP contribution is -2.20. The first-order valence-electron chi connectivity index (χ1n) is 6.58. The van der Waals surface area contributed by atoms with Gasteiger partial charge in [0.2, 0.25) is 0 Å². The van der Waals surface area contributed by atoms with Gasteiger partial charge >= 0.3 is 0 Å². The summed E-state index contributed by atoms with van der Waals surface area (Å²) in [4.78, 5) is 0. The zero-order valence-corrected chi connectivity index (χ0v) is 11.7. The van der Waals surface area contributed by atoms with Gasteiger partial charge in [-0.3, -0.25) is 0 Å². The summed E-state index contributed by atoms with van der Waals surface area (Å²) in [7, 11) is 1.65. The predicted molar refractivity (Wildman–Crippen MR) is 75.6 cm³/mol. The number of furan rings is 1. The van der Waals surface area contributed by atoms with Gasteiger partial charge in [-0.15, -0.1) is 0 Å². The van der Waals surface area contributed by atoms with Crippen LogP contribution in [0.25, 0.3) is 11.0 Å². The van der Waals surface area contributed by atoms with E-state index in [0.29, 0.717) is 13.2 Å². The van der Waals surface area contributed by atoms with Crippen LogP contribution in [-0.4, -0.2) is 26.4 Å². The molecule has 0 saturated carbocycles. The summed E-state index contributed by atoms with van der Waals surface area (Å²) < 4.78 is 16.5. The summed E-state index contributed by atoms with van der Waals surface area (Å²) in [6, 6.07) is 7.92. The van der Waals surface area contributed by atoms with Crippen LogP contribution < -0.4 is 10.1 Å². The molecule has 0 atom stereocenters. The molecule has 0 aliphatic carbocycles. The van der Waals surface area contributed by atoms with Crippen molar-refractivity contribution in [2.75, 3.05) is 20.3 Å². The lowest BCUT2D eigenvalue weighted by Gasteiger charge is -2.07. The quantitative estimate of drug-likeness (QED) is 0.780. The Labute approximate surface area is 113 Å². The fraction of sp³-hybridized carbons (Fsp3) is 0.467. The summed E-state index contributed by atoms with van der Waals surface area (Å²) in [6.45, 7) is 6.28. The van der Waals surface area contributed by atoms with Crippen LogP contribution in [0.1, 0.15) is 19.6 Å². The Bertz CT molecular complexity index is 519. The fourth-order valence-corrected chi connectivity index (χ4v) is 1.92. The van der Waals surface area contributed by atoms with Gasteiger partial charge in [0.25, 0.3) is 0 Å². The minimum Gasteiger partial charge on any atom is -0.493 e. The van der Waals surface area contributed by atoms with E-state index in [1.807, 2.05) is 38.1 Å². The van der Waals surface area contributed by atoms with E-state index in [1.165, 1.54) is 0 Å². The largest absolute Gasteiger partial charge is 0.493 e. The second-order valence-corrected chi connectivity index (χ2v) is 4.69. The highest BCUT2D eigenvalue weighted by Crippen LogP contribution is 2.28. The van der Waals surface area contributed by atoms with Crippen LogP contribution in [0.3, 0.4) is 0 Å². The molecule has 0 amide bonds. The van der Waals surface area contributed by atoms with Crippen molar-refractivity contribution in [1.82, 2.24) is 5.32 Å². The Morgan fingerprint density at radius 1 is 1.32 bits per heavy atom. The van der Waals surface area contributed by atoms with Crippen LogP contribution in [0.15, 0.2) is 28.7 Å². The molecule has 2 aromatic rings. The molecule has 1 N–H and O–H groups in total. The van der Waals surface area contributed by atoms with Gasteiger partial charge in [-0.25, -0.2) is 0 Å². The Balaban J connectivity index is 1.91. The molecule has 1 aromatic carbocycles. The number of benzene rings is 1. The van der Waals surface area contributed by atoms with Crippen molar-refractivity contribution in [3.63, 3.8) is 0 Å². The SMILES string of the molecule is COc1cccc2cc(CNCCOC(C)C)oc12. The van der Waals surface area contributed by atoms with Crippen LogP contribution in [-0.2, 0) is 11.3 Å². The van der Waals surface area contributed by atoms with Gasteiger partial charge in [0.15, 0.2) is 11.3 Å². The number of rotatable bonds is 7. The highest BCUT2D eigenvalue weighted by molar-refractivity contribution is 5.83. The zero-order chi connectivity index (χ0) is 13.7. The summed E-state index contributed by atoms with van der Waals surface area (Å²) in [5, 5.41) is 4.36. The van der Waals surface area contributed by atoms with Crippen molar-refractivity contribution >= 4 is 11.0 Å². The van der Waals surface area contributed by atoms with Gasteiger partial charge in [0, 0.05) is 11.9 Å². The summed E-state index contributed by atoms with van der Waals surface area (Å²) in [5.41, 5.74) is 0.806. The Hall–Kier alpha value is -1.52. The summed E-state index contributed by atoms with van der Waals surface area (Å²) in [5.74, 6) is 1.68. The second-order valence-electron chi connectivity index (χ2n) is 4.69. The Morgan fingerprint density at radius 3 is 2.89 bits per heavy atom. The number of para-hydroxylation sites is 1. The van der Waals surface area contributed by atoms with Crippen molar-refractivity contribution in [3.8, 4) is 5.75 Å². The molecule has 0 bridgehead atoms. The van der Waals surface area contributed by atoms with E-state index in [4.69, 9.17) is 13.9 Å². The molecule has 4 nitrogen and oxygen atoms in total. The number of nitrogens with one attached hydrogen (secondary N) is 1. The molecule has 1 aromatic heterocycles. The number of fused-ring (bicyclic) bond motifs is 1. The fourth-order valence-electron chi connectivity index (χ4n) is 1.92. The smallest absolute Gasteiger partial charge is 0.176 e. The number of hydrogen-bond donors (Lipinski definition) is 1. The van der Waals surface area contributed by atoms with Crippen LogP contribution in [0.5, 0.6) is 5.75 Å². The monoisotopic (exact) mass is 263 g/mol. The van der Waals surface area contributed by atoms with Crippen LogP contribution in [0.2, 0.25) is 0 Å². The third-order valence-electron chi connectivity index (χ3n) is 2.81. The molecular formula is C15H21NO3. The van der Waals surface area contributed by atoms with Gasteiger partial charge in [0.1, 0.15) is 5.76 Å². The molecule has 19 heavy (non-hydrogen) atoms. The number of ether oxygens (including phenoxy) is 2. The molecule has 0 aliphatic rings. The molecule has 0 spiro atoms. The van der Waals surface area contributed by atoms with Gasteiger partial charge < -0.3 is 19.2 Å². The number of methoxy groups -OCH3 is 1. The van der Waals surface area contributed by atoms with Crippen molar-refractivity contribution in [1.29, 1.82) is 0 Å². The Morgan fingerprint density at radius 2 is 2.16 bits per heavy atom. The van der Waals surface area contributed by atoms with E-state index in [-0.39, 0.29) is 6.10 Å². The molecule has 104 valence electrons. The van der Waals surface area contributed by atoms with Crippen LogP contribution >= 0.6 is 0 Å². The third-order valence-corrected chi connectivity index (χ3v) is 2.81. The first-order chi connectivity index (χ1) is 9.20. The van der Waals surface area contributed by atoms with Crippen molar-refractivity contribution in [3.05, 3.63) is 30.0 Å². The minimum absolute atomic E-state index is 0.275. The van der Waals surface area contributed by atoms with Gasteiger partial charge in [0.05, 0.1) is 26.4 Å². The van der Waals surface area contributed by atoms with E-state index in [1.54, 1.807) is 7.11 Å². The van der Waals surface area contributed by atoms with Crippen LogP contribution in [0, 0.1) is 0 Å². The first kappa shape index (κ1) is 13.9. The molecule has 4 heteroatoms. The van der Waals surface area contributed by atoms with Gasteiger partial charge in [-0.05, 0) is 26.0 Å². The predicted octanol–water partition coefficient (Wildman–Crippen LogP) is 2.96. The molecule has 0 fully saturated rings. The average molecular weight is 263 g/mol. The topological polar surface area (TPSA) is 43.6 Å². The van der Waals surface area contributed by atoms with E-state index >= 15 is 0 Å². The Kier molecular flexibility index (Phi) is 4.82. The standard InChI is InChI=1S/C15H21NO3/c1-11(2)18-8-7-16-10-13-9-12-5-4-6-14(17-3)15(12)19-13/h4-6,9,11,16H,7-8,10H2,1-3H3. The first-order valence-corrected chi connectivity index (χ1v) is 6.58. The average Bonchev–Trinajstić information content (AvgIpc) is 2.80. The molecule has 0 aliphatic heterocycles. The lowest BCUT2D eigenvalue weighted by atomic mass is 10.2. The molecular weight excluding hydrogens is 242 g/mol. The normalized spacial score (nSPS) is 11.4. The summed E-state index contributed by atoms with van der Waals surface area (Å²) >= 11 is 0. The van der Waals surface area contributed by atoms with E-state index < -0.39 is 0 Å². The van der Waals surface area contributed by atoms with Crippen molar-refractivity contribution in [2.24, 2.45) is 0 Å². The second kappa shape index (κ2) is 6.59. The molecule has 0 saturated heterocycles. The van der Waals surface area contributed by atoms with Crippen molar-refractivity contribution in [2.45, 2.75) is 26.5 Å². The van der Waals surface area contributed by atoms with Crippen molar-refractivity contribution < 1.29 is 13.9 Å². The maximum atomic E-state index is 5.79.